The average Bonchev–Trinajstić information content (AvgIpc) is 3.04. The number of aliphatic hydroxyl groups excluding tert-OH is 2. The predicted molar refractivity (Wildman–Crippen MR) is 184 cm³/mol. The van der Waals surface area contributed by atoms with Crippen LogP contribution in [0.4, 0.5) is 19.2 Å². The molecule has 2 aliphatic rings. The van der Waals surface area contributed by atoms with E-state index in [0.717, 1.165) is 11.1 Å². The molecule has 4 amide bonds. The minimum absolute atomic E-state index is 0.105. The van der Waals surface area contributed by atoms with E-state index in [1.807, 2.05) is 60.7 Å². The van der Waals surface area contributed by atoms with Crippen LogP contribution in [0.1, 0.15) is 65.5 Å². The lowest BCUT2D eigenvalue weighted by atomic mass is 10.0. The number of likely N-dealkylation sites (tertiary alicyclic amines) is 2. The number of aliphatic hydroxyl groups is 2. The second-order valence-corrected chi connectivity index (χ2v) is 14.2. The van der Waals surface area contributed by atoms with Gasteiger partial charge in [0.15, 0.2) is 0 Å². The summed E-state index contributed by atoms with van der Waals surface area (Å²) in [6.07, 6.45) is -2.97. The Morgan fingerprint density at radius 3 is 1.28 bits per heavy atom. The van der Waals surface area contributed by atoms with Crippen LogP contribution in [0, 0.1) is 0 Å². The van der Waals surface area contributed by atoms with Crippen LogP contribution in [-0.2, 0) is 32.2 Å². The van der Waals surface area contributed by atoms with Crippen LogP contribution in [0.2, 0.25) is 0 Å². The number of hydrogen-bond donors (Lipinski definition) is 4. The molecule has 0 spiro atoms. The molecule has 50 heavy (non-hydrogen) atoms. The van der Waals surface area contributed by atoms with Gasteiger partial charge in [-0.25, -0.2) is 19.2 Å². The standard InChI is InChI=1S/2C18H26N2O5/c2*1-18(2,3)25-16(22)19-14-9-10-20(11-15(14)21)17(23)24-12-13-7-5-4-6-8-13/h2*4-8,14-15,21H,9-12H2,1-3H3,(H,19,22)/t2*14-,15-/m10/s1. The number of alkyl carbamates (subject to hydrolysis) is 2. The molecule has 2 heterocycles. The number of nitrogens with one attached hydrogen (secondary N) is 2. The lowest BCUT2D eigenvalue weighted by Crippen LogP contribution is -2.55. The molecule has 14 heteroatoms. The fourth-order valence-electron chi connectivity index (χ4n) is 5.07. The first kappa shape index (κ1) is 39.9. The van der Waals surface area contributed by atoms with E-state index >= 15 is 0 Å². The van der Waals surface area contributed by atoms with Gasteiger partial charge in [0.1, 0.15) is 24.4 Å². The number of β-amino-alcohol motifs (C(OH)–C–C–N with tert-alkyl or cyclic N) is 2. The maximum absolute atomic E-state index is 12.1. The molecule has 2 aromatic carbocycles. The van der Waals surface area contributed by atoms with Crippen LogP contribution in [0.25, 0.3) is 0 Å². The summed E-state index contributed by atoms with van der Waals surface area (Å²) in [5.41, 5.74) is 0.601. The summed E-state index contributed by atoms with van der Waals surface area (Å²) < 4.78 is 20.9. The summed E-state index contributed by atoms with van der Waals surface area (Å²) in [5, 5.41) is 25.7. The van der Waals surface area contributed by atoms with E-state index in [9.17, 15) is 29.4 Å². The van der Waals surface area contributed by atoms with Gasteiger partial charge in [-0.2, -0.15) is 0 Å². The average molecular weight is 701 g/mol. The van der Waals surface area contributed by atoms with E-state index < -0.39 is 59.9 Å². The van der Waals surface area contributed by atoms with Gasteiger partial charge in [-0.15, -0.1) is 0 Å². The van der Waals surface area contributed by atoms with E-state index in [2.05, 4.69) is 10.6 Å². The number of nitrogens with zero attached hydrogens (tertiary/aromatic N) is 2. The maximum Gasteiger partial charge on any atom is 0.410 e. The molecule has 14 nitrogen and oxygen atoms in total. The van der Waals surface area contributed by atoms with Crippen molar-refractivity contribution in [1.29, 1.82) is 0 Å². The van der Waals surface area contributed by atoms with Crippen molar-refractivity contribution in [2.24, 2.45) is 0 Å². The topological polar surface area (TPSA) is 176 Å². The van der Waals surface area contributed by atoms with Gasteiger partial charge in [-0.3, -0.25) is 0 Å². The highest BCUT2D eigenvalue weighted by Crippen LogP contribution is 2.17. The summed E-state index contributed by atoms with van der Waals surface area (Å²) in [5.74, 6) is 0. The van der Waals surface area contributed by atoms with E-state index in [1.165, 1.54) is 9.80 Å². The van der Waals surface area contributed by atoms with Crippen molar-refractivity contribution in [1.82, 2.24) is 20.4 Å². The maximum atomic E-state index is 12.1. The van der Waals surface area contributed by atoms with Crippen LogP contribution in [0.15, 0.2) is 60.7 Å². The third kappa shape index (κ3) is 14.5. The molecular weight excluding hydrogens is 648 g/mol. The molecular formula is C36H52N4O10. The Morgan fingerprint density at radius 1 is 0.640 bits per heavy atom. The number of benzene rings is 2. The quantitative estimate of drug-likeness (QED) is 0.313. The summed E-state index contributed by atoms with van der Waals surface area (Å²) >= 11 is 0. The highest BCUT2D eigenvalue weighted by atomic mass is 16.6. The van der Waals surface area contributed by atoms with Gasteiger partial charge in [-0.1, -0.05) is 60.7 Å². The zero-order chi connectivity index (χ0) is 36.9. The Morgan fingerprint density at radius 2 is 0.980 bits per heavy atom. The molecule has 0 unspecified atom stereocenters. The Balaban J connectivity index is 0.000000270. The number of amides is 4. The van der Waals surface area contributed by atoms with Crippen LogP contribution >= 0.6 is 0 Å². The van der Waals surface area contributed by atoms with Gasteiger partial charge in [0.25, 0.3) is 0 Å². The first-order valence-corrected chi connectivity index (χ1v) is 16.8. The molecule has 0 radical (unpaired) electrons. The van der Waals surface area contributed by atoms with E-state index in [4.69, 9.17) is 18.9 Å². The van der Waals surface area contributed by atoms with E-state index in [0.29, 0.717) is 25.9 Å². The van der Waals surface area contributed by atoms with E-state index in [1.54, 1.807) is 41.5 Å². The molecule has 0 aliphatic carbocycles. The second-order valence-electron chi connectivity index (χ2n) is 14.2. The number of piperidine rings is 2. The minimum Gasteiger partial charge on any atom is -0.445 e. The van der Waals surface area contributed by atoms with Gasteiger partial charge in [0.05, 0.1) is 37.4 Å². The Bertz CT molecular complexity index is 1280. The number of rotatable bonds is 6. The van der Waals surface area contributed by atoms with Crippen LogP contribution in [0.5, 0.6) is 0 Å². The van der Waals surface area contributed by atoms with Gasteiger partial charge >= 0.3 is 24.4 Å². The molecule has 2 saturated heterocycles. The summed E-state index contributed by atoms with van der Waals surface area (Å²) in [6.45, 7) is 12.0. The molecule has 2 fully saturated rings. The summed E-state index contributed by atoms with van der Waals surface area (Å²) in [6, 6.07) is 17.9. The minimum atomic E-state index is -0.870. The van der Waals surface area contributed by atoms with E-state index in [-0.39, 0.29) is 26.3 Å². The highest BCUT2D eigenvalue weighted by molar-refractivity contribution is 5.70. The number of carbonyl (C=O) groups is 4. The van der Waals surface area contributed by atoms with Crippen molar-refractivity contribution in [2.75, 3.05) is 26.2 Å². The molecule has 4 rings (SSSR count). The number of hydrogen-bond acceptors (Lipinski definition) is 10. The largest absolute Gasteiger partial charge is 0.445 e. The van der Waals surface area contributed by atoms with Crippen LogP contribution in [-0.4, -0.2) is 106 Å². The predicted octanol–water partition coefficient (Wildman–Crippen LogP) is 4.57. The van der Waals surface area contributed by atoms with Crippen molar-refractivity contribution < 1.29 is 48.3 Å². The number of carbonyl (C=O) groups excluding carboxylic acids is 4. The van der Waals surface area contributed by atoms with Gasteiger partial charge in [0, 0.05) is 13.1 Å². The van der Waals surface area contributed by atoms with Crippen molar-refractivity contribution >= 4 is 24.4 Å². The fourth-order valence-corrected chi connectivity index (χ4v) is 5.07. The van der Waals surface area contributed by atoms with Gasteiger partial charge < -0.3 is 49.6 Å². The zero-order valence-corrected chi connectivity index (χ0v) is 29.8. The Hall–Kier alpha value is -4.56. The lowest BCUT2D eigenvalue weighted by Gasteiger charge is -2.35. The molecule has 276 valence electrons. The van der Waals surface area contributed by atoms with Crippen molar-refractivity contribution in [3.8, 4) is 0 Å². The normalized spacial score (nSPS) is 20.7. The number of ether oxygens (including phenoxy) is 4. The zero-order valence-electron chi connectivity index (χ0n) is 29.8. The molecule has 0 aromatic heterocycles. The SMILES string of the molecule is CC(C)(C)OC(=O)N[C@@H]1CCN(C(=O)OCc2ccccc2)C[C@H]1O.CC(C)(C)OC(=O)N[C@H]1CCN(C(=O)OCc2ccccc2)C[C@@H]1O. The molecule has 4 atom stereocenters. The monoisotopic (exact) mass is 700 g/mol. The fraction of sp³-hybridized carbons (Fsp3) is 0.556. The van der Waals surface area contributed by atoms with Crippen LogP contribution in [0.3, 0.4) is 0 Å². The second kappa shape index (κ2) is 18.4. The first-order valence-electron chi connectivity index (χ1n) is 16.8. The third-order valence-corrected chi connectivity index (χ3v) is 7.49. The molecule has 2 aromatic rings. The summed E-state index contributed by atoms with van der Waals surface area (Å²) in [4.78, 5) is 50.7. The Kier molecular flexibility index (Phi) is 14.7. The van der Waals surface area contributed by atoms with Gasteiger partial charge in [-0.05, 0) is 65.5 Å². The van der Waals surface area contributed by atoms with Crippen molar-refractivity contribution in [2.45, 2.75) is 103 Å². The summed E-state index contributed by atoms with van der Waals surface area (Å²) in [7, 11) is 0. The lowest BCUT2D eigenvalue weighted by molar-refractivity contribution is 0.0150. The van der Waals surface area contributed by atoms with Crippen molar-refractivity contribution in [3.05, 3.63) is 71.8 Å². The van der Waals surface area contributed by atoms with Crippen LogP contribution < -0.4 is 10.6 Å². The molecule has 0 saturated carbocycles. The molecule has 2 aliphatic heterocycles. The molecule has 4 N–H and O–H groups in total. The smallest absolute Gasteiger partial charge is 0.410 e. The highest BCUT2D eigenvalue weighted by Gasteiger charge is 2.34. The third-order valence-electron chi connectivity index (χ3n) is 7.49. The molecule has 0 bridgehead atoms. The first-order chi connectivity index (χ1) is 23.5. The van der Waals surface area contributed by atoms with Gasteiger partial charge in [0.2, 0.25) is 0 Å². The van der Waals surface area contributed by atoms with Crippen molar-refractivity contribution in [3.63, 3.8) is 0 Å². The Labute approximate surface area is 294 Å².